The van der Waals surface area contributed by atoms with Crippen LogP contribution in [0.2, 0.25) is 0 Å². The molecule has 34 heavy (non-hydrogen) atoms. The quantitative estimate of drug-likeness (QED) is 0.340. The first-order chi connectivity index (χ1) is 15.8. The Hall–Kier alpha value is -3.60. The molecule has 5 heteroatoms. The number of carbonyl (C=O) groups excluding carboxylic acids is 2. The molecule has 5 nitrogen and oxygen atoms in total. The van der Waals surface area contributed by atoms with Crippen LogP contribution in [0.4, 0.5) is 0 Å². The van der Waals surface area contributed by atoms with Gasteiger partial charge >= 0.3 is 11.9 Å². The molecule has 0 saturated carbocycles. The molecule has 0 aliphatic carbocycles. The van der Waals surface area contributed by atoms with Gasteiger partial charge in [-0.1, -0.05) is 77.9 Å². The van der Waals surface area contributed by atoms with Gasteiger partial charge in [-0.2, -0.15) is 0 Å². The van der Waals surface area contributed by atoms with Crippen molar-refractivity contribution in [2.24, 2.45) is 0 Å². The summed E-state index contributed by atoms with van der Waals surface area (Å²) in [5.74, 6) is -1.38. The van der Waals surface area contributed by atoms with Crippen molar-refractivity contribution < 1.29 is 24.5 Å². The van der Waals surface area contributed by atoms with Gasteiger partial charge in [-0.15, -0.1) is 0 Å². The van der Waals surface area contributed by atoms with Crippen molar-refractivity contribution in [3.05, 3.63) is 88.5 Å². The number of aromatic hydroxyl groups is 1. The van der Waals surface area contributed by atoms with E-state index < -0.39 is 11.9 Å². The van der Waals surface area contributed by atoms with Crippen LogP contribution in [0.5, 0.6) is 5.75 Å². The highest BCUT2D eigenvalue weighted by atomic mass is 17.2. The van der Waals surface area contributed by atoms with Crippen LogP contribution in [0.25, 0.3) is 11.1 Å². The van der Waals surface area contributed by atoms with E-state index in [1.807, 2.05) is 13.0 Å². The maximum atomic E-state index is 12.9. The lowest BCUT2D eigenvalue weighted by Crippen LogP contribution is -2.24. The van der Waals surface area contributed by atoms with E-state index in [4.69, 9.17) is 9.78 Å². The van der Waals surface area contributed by atoms with E-state index >= 15 is 0 Å². The van der Waals surface area contributed by atoms with Crippen LogP contribution in [0.15, 0.2) is 60.7 Å². The first-order valence-electron chi connectivity index (χ1n) is 11.3. The van der Waals surface area contributed by atoms with Crippen LogP contribution in [-0.4, -0.2) is 17.0 Å². The number of rotatable bonds is 3. The van der Waals surface area contributed by atoms with E-state index in [0.29, 0.717) is 5.56 Å². The number of carbonyl (C=O) groups is 2. The molecule has 0 aliphatic rings. The molecule has 0 atom stereocenters. The molecule has 0 bridgehead atoms. The van der Waals surface area contributed by atoms with E-state index in [-0.39, 0.29) is 27.7 Å². The van der Waals surface area contributed by atoms with Crippen LogP contribution in [0.3, 0.4) is 0 Å². The van der Waals surface area contributed by atoms with Crippen molar-refractivity contribution in [1.82, 2.24) is 0 Å². The second-order valence-corrected chi connectivity index (χ2v) is 10.5. The predicted octanol–water partition coefficient (Wildman–Crippen LogP) is 6.89. The van der Waals surface area contributed by atoms with Crippen molar-refractivity contribution in [2.75, 3.05) is 0 Å². The lowest BCUT2D eigenvalue weighted by Gasteiger charge is -2.33. The van der Waals surface area contributed by atoms with E-state index in [1.54, 1.807) is 54.6 Å². The van der Waals surface area contributed by atoms with Gasteiger partial charge in [-0.25, -0.2) is 19.4 Å². The van der Waals surface area contributed by atoms with Crippen LogP contribution in [-0.2, 0) is 20.6 Å². The lowest BCUT2D eigenvalue weighted by molar-refractivity contribution is -0.187. The third-order valence-electron chi connectivity index (χ3n) is 5.71. The van der Waals surface area contributed by atoms with Gasteiger partial charge < -0.3 is 5.11 Å². The summed E-state index contributed by atoms with van der Waals surface area (Å²) in [7, 11) is 0. The molecule has 3 rings (SSSR count). The van der Waals surface area contributed by atoms with E-state index in [1.165, 1.54) is 0 Å². The Morgan fingerprint density at radius 3 is 1.82 bits per heavy atom. The van der Waals surface area contributed by atoms with E-state index in [0.717, 1.165) is 22.3 Å². The molecule has 0 amide bonds. The smallest absolute Gasteiger partial charge is 0.386 e. The minimum atomic E-state index is -0.795. The average molecular weight is 461 g/mol. The summed E-state index contributed by atoms with van der Waals surface area (Å²) < 4.78 is 0. The Labute approximate surface area is 201 Å². The minimum Gasteiger partial charge on any atom is -0.508 e. The van der Waals surface area contributed by atoms with Crippen LogP contribution >= 0.6 is 0 Å². The molecule has 0 aliphatic heterocycles. The largest absolute Gasteiger partial charge is 0.508 e. The highest BCUT2D eigenvalue weighted by Crippen LogP contribution is 2.45. The number of hydrogen-bond donors (Lipinski definition) is 1. The zero-order valence-corrected chi connectivity index (χ0v) is 20.9. The van der Waals surface area contributed by atoms with Gasteiger partial charge in [0.25, 0.3) is 0 Å². The molecule has 1 N–H and O–H groups in total. The fourth-order valence-corrected chi connectivity index (χ4v) is 4.38. The van der Waals surface area contributed by atoms with Gasteiger partial charge in [0.2, 0.25) is 0 Å². The number of benzene rings is 3. The Bertz CT molecular complexity index is 1210. The lowest BCUT2D eigenvalue weighted by atomic mass is 9.71. The second kappa shape index (κ2) is 9.34. The average Bonchev–Trinajstić information content (AvgIpc) is 2.77. The van der Waals surface area contributed by atoms with Crippen LogP contribution in [0, 0.1) is 6.92 Å². The molecular weight excluding hydrogens is 428 g/mol. The standard InChI is InChI=1S/C29H32O5/c1-18-22(17-23(30)25(29(5,6)7)24(18)28(2,3)4)20-15-11-12-16-21(20)27(32)34-33-26(31)19-13-9-8-10-14-19/h8-17,30H,1-7H3. The summed E-state index contributed by atoms with van der Waals surface area (Å²) in [5.41, 5.74) is 4.18. The highest BCUT2D eigenvalue weighted by molar-refractivity contribution is 5.98. The number of phenols is 1. The number of hydrogen-bond acceptors (Lipinski definition) is 5. The highest BCUT2D eigenvalue weighted by Gasteiger charge is 2.32. The molecule has 0 spiro atoms. The Balaban J connectivity index is 2.05. The molecule has 0 saturated heterocycles. The third kappa shape index (κ3) is 5.14. The molecule has 0 unspecified atom stereocenters. The SMILES string of the molecule is Cc1c(-c2ccccc2C(=O)OOC(=O)c2ccccc2)cc(O)c(C(C)(C)C)c1C(C)(C)C. The summed E-state index contributed by atoms with van der Waals surface area (Å²) in [6.45, 7) is 14.5. The van der Waals surface area contributed by atoms with Gasteiger partial charge in [0.15, 0.2) is 0 Å². The van der Waals surface area contributed by atoms with E-state index in [9.17, 15) is 14.7 Å². The summed E-state index contributed by atoms with van der Waals surface area (Å²) in [4.78, 5) is 34.8. The second-order valence-electron chi connectivity index (χ2n) is 10.5. The summed E-state index contributed by atoms with van der Waals surface area (Å²) in [6, 6.07) is 16.9. The molecule has 3 aromatic carbocycles. The molecule has 3 aromatic rings. The van der Waals surface area contributed by atoms with Gasteiger partial charge in [0, 0.05) is 5.56 Å². The molecule has 0 radical (unpaired) electrons. The molecule has 0 heterocycles. The van der Waals surface area contributed by atoms with Crippen molar-refractivity contribution in [3.63, 3.8) is 0 Å². The van der Waals surface area contributed by atoms with Crippen molar-refractivity contribution in [2.45, 2.75) is 59.3 Å². The maximum Gasteiger partial charge on any atom is 0.386 e. The Morgan fingerprint density at radius 1 is 0.706 bits per heavy atom. The van der Waals surface area contributed by atoms with Crippen molar-refractivity contribution in [1.29, 1.82) is 0 Å². The molecule has 0 aromatic heterocycles. The van der Waals surface area contributed by atoms with Crippen LogP contribution < -0.4 is 0 Å². The summed E-state index contributed by atoms with van der Waals surface area (Å²) >= 11 is 0. The minimum absolute atomic E-state index is 0.178. The van der Waals surface area contributed by atoms with Gasteiger partial charge in [0.1, 0.15) is 5.75 Å². The zero-order valence-electron chi connectivity index (χ0n) is 20.9. The van der Waals surface area contributed by atoms with E-state index in [2.05, 4.69) is 41.5 Å². The Morgan fingerprint density at radius 2 is 1.24 bits per heavy atom. The molecular formula is C29H32O5. The van der Waals surface area contributed by atoms with Crippen LogP contribution in [0.1, 0.15) is 78.9 Å². The van der Waals surface area contributed by atoms with Gasteiger partial charge in [-0.05, 0) is 64.3 Å². The van der Waals surface area contributed by atoms with Gasteiger partial charge in [-0.3, -0.25) is 0 Å². The fourth-order valence-electron chi connectivity index (χ4n) is 4.38. The van der Waals surface area contributed by atoms with Crippen molar-refractivity contribution >= 4 is 11.9 Å². The first-order valence-corrected chi connectivity index (χ1v) is 11.3. The molecule has 0 fully saturated rings. The first kappa shape index (κ1) is 25.0. The monoisotopic (exact) mass is 460 g/mol. The Kier molecular flexibility index (Phi) is 6.87. The predicted molar refractivity (Wildman–Crippen MR) is 133 cm³/mol. The normalized spacial score (nSPS) is 11.7. The maximum absolute atomic E-state index is 12.9. The third-order valence-corrected chi connectivity index (χ3v) is 5.71. The summed E-state index contributed by atoms with van der Waals surface area (Å²) in [6.07, 6.45) is 0. The zero-order chi connectivity index (χ0) is 25.3. The number of phenolic OH excluding ortho intramolecular Hbond substituents is 1. The topological polar surface area (TPSA) is 72.8 Å². The van der Waals surface area contributed by atoms with Gasteiger partial charge in [0.05, 0.1) is 11.1 Å². The summed E-state index contributed by atoms with van der Waals surface area (Å²) in [5, 5.41) is 11.1. The molecule has 178 valence electrons. The van der Waals surface area contributed by atoms with Crippen molar-refractivity contribution in [3.8, 4) is 16.9 Å². The fraction of sp³-hybridized carbons (Fsp3) is 0.310.